The normalized spacial score (nSPS) is 47.0. The van der Waals surface area contributed by atoms with Gasteiger partial charge in [-0.25, -0.2) is 0 Å². The van der Waals surface area contributed by atoms with E-state index in [-0.39, 0.29) is 48.5 Å². The highest BCUT2D eigenvalue weighted by Gasteiger charge is 2.53. The number of hydrogen-bond acceptors (Lipinski definition) is 9. The Hall–Kier alpha value is -0.650. The van der Waals surface area contributed by atoms with Crippen molar-refractivity contribution in [2.45, 2.75) is 94.0 Å². The van der Waals surface area contributed by atoms with Gasteiger partial charge in [0.05, 0.1) is 24.4 Å². The zero-order valence-electron chi connectivity index (χ0n) is 23.8. The van der Waals surface area contributed by atoms with E-state index >= 15 is 0 Å². The van der Waals surface area contributed by atoms with Gasteiger partial charge in [0.25, 0.3) is 0 Å². The Balaban J connectivity index is 1.51. The molecule has 3 saturated carbocycles. The van der Waals surface area contributed by atoms with Crippen LogP contribution in [-0.4, -0.2) is 103 Å². The van der Waals surface area contributed by atoms with Crippen molar-refractivity contribution in [3.05, 3.63) is 0 Å². The van der Waals surface area contributed by atoms with Gasteiger partial charge in [0.15, 0.2) is 0 Å². The van der Waals surface area contributed by atoms with Crippen LogP contribution in [0.25, 0.3) is 0 Å². The lowest BCUT2D eigenvalue weighted by atomic mass is 9.64. The second-order valence-electron chi connectivity index (χ2n) is 12.0. The minimum absolute atomic E-state index is 0.0189. The fraction of sp³-hybridized carbons (Fsp3) is 0.964. The Morgan fingerprint density at radius 1 is 0.946 bits per heavy atom. The van der Waals surface area contributed by atoms with Gasteiger partial charge >= 0.3 is 0 Å². The summed E-state index contributed by atoms with van der Waals surface area (Å²) in [5.74, 6) is 2.13. The maximum atomic E-state index is 13.7. The Morgan fingerprint density at radius 2 is 1.68 bits per heavy atom. The third-order valence-corrected chi connectivity index (χ3v) is 10.4. The number of nitrogens with two attached hydrogens (primary N) is 1. The van der Waals surface area contributed by atoms with E-state index in [1.807, 2.05) is 7.11 Å². The fourth-order valence-electron chi connectivity index (χ4n) is 8.38. The number of hydrogen-bond donors (Lipinski definition) is 4. The van der Waals surface area contributed by atoms with Crippen molar-refractivity contribution in [2.75, 3.05) is 48.6 Å². The molecule has 4 fully saturated rings. The molecule has 0 aromatic rings. The topological polar surface area (TPSA) is 116 Å². The molecule has 1 heterocycles. The van der Waals surface area contributed by atoms with E-state index in [0.29, 0.717) is 41.9 Å². The monoisotopic (exact) mass is 524 g/mol. The minimum Gasteiger partial charge on any atom is -0.379 e. The highest BCUT2D eigenvalue weighted by atomic mass is 16.6. The van der Waals surface area contributed by atoms with Crippen LogP contribution in [0.2, 0.25) is 0 Å². The first-order valence-corrected chi connectivity index (χ1v) is 14.4. The van der Waals surface area contributed by atoms with Crippen molar-refractivity contribution in [1.29, 1.82) is 0 Å². The molecule has 1 saturated heterocycles. The molecule has 3 aliphatic carbocycles. The molecule has 9 nitrogen and oxygen atoms in total. The summed E-state index contributed by atoms with van der Waals surface area (Å²) in [6.07, 6.45) is 5.55. The number of methoxy groups -OCH3 is 4. The molecular formula is C28H52N4O5. The van der Waals surface area contributed by atoms with Crippen molar-refractivity contribution in [3.63, 3.8) is 0 Å². The molecule has 37 heavy (non-hydrogen) atoms. The van der Waals surface area contributed by atoms with Gasteiger partial charge in [0.2, 0.25) is 0 Å². The van der Waals surface area contributed by atoms with Crippen molar-refractivity contribution >= 4 is 5.78 Å². The summed E-state index contributed by atoms with van der Waals surface area (Å²) in [4.78, 5) is 13.7. The van der Waals surface area contributed by atoms with E-state index in [2.05, 4.69) is 29.9 Å². The van der Waals surface area contributed by atoms with Crippen LogP contribution < -0.4 is 21.7 Å². The van der Waals surface area contributed by atoms with E-state index < -0.39 is 0 Å². The maximum absolute atomic E-state index is 13.7. The highest BCUT2D eigenvalue weighted by molar-refractivity contribution is 5.84. The molecule has 4 aliphatic rings. The van der Waals surface area contributed by atoms with Crippen LogP contribution in [-0.2, 0) is 23.7 Å². The second kappa shape index (κ2) is 13.1. The summed E-state index contributed by atoms with van der Waals surface area (Å²) in [6, 6.07) is 0.359. The lowest BCUT2D eigenvalue weighted by Crippen LogP contribution is -2.62. The summed E-state index contributed by atoms with van der Waals surface area (Å²) in [7, 11) is 9.15. The maximum Gasteiger partial charge on any atom is 0.150 e. The fourth-order valence-corrected chi connectivity index (χ4v) is 8.38. The summed E-state index contributed by atoms with van der Waals surface area (Å²) in [6.45, 7) is 3.67. The third kappa shape index (κ3) is 5.94. The molecule has 13 atom stereocenters. The van der Waals surface area contributed by atoms with Crippen molar-refractivity contribution in [2.24, 2.45) is 35.3 Å². The zero-order chi connectivity index (χ0) is 26.7. The van der Waals surface area contributed by atoms with E-state index in [1.165, 1.54) is 0 Å². The largest absolute Gasteiger partial charge is 0.379 e. The molecule has 0 spiro atoms. The van der Waals surface area contributed by atoms with Crippen molar-refractivity contribution in [3.8, 4) is 0 Å². The Morgan fingerprint density at radius 3 is 2.32 bits per heavy atom. The average molecular weight is 525 g/mol. The molecule has 5 N–H and O–H groups in total. The van der Waals surface area contributed by atoms with Crippen LogP contribution in [0.4, 0.5) is 0 Å². The first-order chi connectivity index (χ1) is 17.9. The van der Waals surface area contributed by atoms with Gasteiger partial charge in [-0.15, -0.1) is 0 Å². The molecule has 0 radical (unpaired) electrons. The number of rotatable bonds is 8. The first-order valence-electron chi connectivity index (χ1n) is 14.4. The number of nitrogens with one attached hydrogen (secondary N) is 3. The number of carbonyl (C=O) groups is 1. The molecule has 1 aliphatic heterocycles. The van der Waals surface area contributed by atoms with Crippen molar-refractivity contribution in [1.82, 2.24) is 16.0 Å². The molecular weight excluding hydrogens is 472 g/mol. The smallest absolute Gasteiger partial charge is 0.150 e. The van der Waals surface area contributed by atoms with E-state index in [1.54, 1.807) is 21.3 Å². The molecule has 12 unspecified atom stereocenters. The van der Waals surface area contributed by atoms with Gasteiger partial charge in [-0.05, 0) is 69.7 Å². The number of piperidine rings is 1. The predicted octanol–water partition coefficient (Wildman–Crippen LogP) is 0.943. The Kier molecular flexibility index (Phi) is 10.4. The number of ether oxygens (including phenoxy) is 4. The van der Waals surface area contributed by atoms with Gasteiger partial charge < -0.3 is 40.6 Å². The minimum atomic E-state index is -0.134. The van der Waals surface area contributed by atoms with Gasteiger partial charge in [0.1, 0.15) is 11.9 Å². The zero-order valence-corrected chi connectivity index (χ0v) is 23.8. The lowest BCUT2D eigenvalue weighted by Gasteiger charge is -2.48. The van der Waals surface area contributed by atoms with Crippen LogP contribution in [0, 0.1) is 29.6 Å². The summed E-state index contributed by atoms with van der Waals surface area (Å²) < 4.78 is 23.8. The second-order valence-corrected chi connectivity index (χ2v) is 12.0. The SMILES string of the molecule is CN[C@H]1CCC2CC(OC)C(OC)C(OC)C2C2CCC(NCC3CNC(C)C(N)C3OC)C(=O)CC21. The third-order valence-electron chi connectivity index (χ3n) is 10.4. The predicted molar refractivity (Wildman–Crippen MR) is 143 cm³/mol. The summed E-state index contributed by atoms with van der Waals surface area (Å²) >= 11 is 0. The number of carbonyl (C=O) groups excluding carboxylic acids is 1. The molecule has 0 aromatic carbocycles. The Bertz CT molecular complexity index is 743. The highest BCUT2D eigenvalue weighted by Crippen LogP contribution is 2.50. The van der Waals surface area contributed by atoms with E-state index in [9.17, 15) is 4.79 Å². The van der Waals surface area contributed by atoms with Gasteiger partial charge in [-0.2, -0.15) is 0 Å². The number of fused-ring (bicyclic) bond motifs is 3. The van der Waals surface area contributed by atoms with Crippen LogP contribution in [0.3, 0.4) is 0 Å². The molecule has 0 bridgehead atoms. The van der Waals surface area contributed by atoms with Crippen LogP contribution >= 0.6 is 0 Å². The quantitative estimate of drug-likeness (QED) is 0.368. The van der Waals surface area contributed by atoms with Crippen LogP contribution in [0.15, 0.2) is 0 Å². The van der Waals surface area contributed by atoms with Crippen LogP contribution in [0.5, 0.6) is 0 Å². The molecule has 214 valence electrons. The van der Waals surface area contributed by atoms with Gasteiger partial charge in [-0.1, -0.05) is 0 Å². The van der Waals surface area contributed by atoms with Gasteiger partial charge in [-0.3, -0.25) is 4.79 Å². The molecule has 9 heteroatoms. The summed E-state index contributed by atoms with van der Waals surface area (Å²) in [5.41, 5.74) is 6.42. The summed E-state index contributed by atoms with van der Waals surface area (Å²) in [5, 5.41) is 10.7. The molecule has 4 rings (SSSR count). The number of ketones is 1. The van der Waals surface area contributed by atoms with Gasteiger partial charge in [0, 0.05) is 72.0 Å². The van der Waals surface area contributed by atoms with Crippen molar-refractivity contribution < 1.29 is 23.7 Å². The first kappa shape index (κ1) is 29.3. The van der Waals surface area contributed by atoms with E-state index in [4.69, 9.17) is 24.7 Å². The lowest BCUT2D eigenvalue weighted by molar-refractivity contribution is -0.178. The average Bonchev–Trinajstić information content (AvgIpc) is 3.15. The molecule has 0 amide bonds. The Labute approximate surface area is 223 Å². The number of Topliss-reactive ketones (excluding diaryl/α,β-unsaturated/α-hetero) is 1. The molecule has 0 aromatic heterocycles. The van der Waals surface area contributed by atoms with Crippen LogP contribution in [0.1, 0.15) is 45.4 Å². The van der Waals surface area contributed by atoms with E-state index in [0.717, 1.165) is 45.2 Å². The standard InChI is InChI=1S/C28H52N4O5/c1-15-25(29)26(35-4)17(13-31-15)14-32-21-10-8-18-19(12-22(21)33)20(30-2)9-7-16-11-23(34-3)27(36-5)28(37-6)24(16)18/h15-21,23-28,30-32H,7-14,29H2,1-6H3/t15?,16?,17?,18?,19?,20-,21?,23?,24?,25?,26?,27?,28?/m0/s1.